The molecule has 0 fully saturated rings. The second-order valence-electron chi connectivity index (χ2n) is 7.34. The molecule has 0 spiro atoms. The number of amides is 4. The molecule has 180 valence electrons. The molecular weight excluding hydrogens is 436 g/mol. The predicted molar refractivity (Wildman–Crippen MR) is 115 cm³/mol. The Morgan fingerprint density at radius 1 is 0.818 bits per heavy atom. The minimum atomic E-state index is -1.39. The highest BCUT2D eigenvalue weighted by molar-refractivity contribution is 5.93. The third-order valence-electron chi connectivity index (χ3n) is 4.55. The summed E-state index contributed by atoms with van der Waals surface area (Å²) < 4.78 is 0. The lowest BCUT2D eigenvalue weighted by molar-refractivity contribution is -0.143. The standard InChI is InChI=1S/C21H28N4O8/c1-12(26)23-14(7-9-17(22)27)19(30)24-15(8-10-18(28)29)20(31)25-16(21(32)33)11-13-5-3-2-4-6-13/h2-6,14-16H,7-11H2,1H3,(H2,22,27)(H,23,26)(H,24,30)(H,25,31)(H,28,29)(H,32,33). The highest BCUT2D eigenvalue weighted by atomic mass is 16.4. The Morgan fingerprint density at radius 2 is 1.33 bits per heavy atom. The maximum absolute atomic E-state index is 12.8. The number of benzene rings is 1. The highest BCUT2D eigenvalue weighted by Gasteiger charge is 2.29. The number of carboxylic acid groups (broad SMARTS) is 2. The monoisotopic (exact) mass is 464 g/mol. The van der Waals surface area contributed by atoms with Crippen molar-refractivity contribution in [3.8, 4) is 0 Å². The summed E-state index contributed by atoms with van der Waals surface area (Å²) in [7, 11) is 0. The van der Waals surface area contributed by atoms with Gasteiger partial charge in [-0.1, -0.05) is 30.3 Å². The van der Waals surface area contributed by atoms with Gasteiger partial charge in [0.25, 0.3) is 0 Å². The lowest BCUT2D eigenvalue weighted by Crippen LogP contribution is -2.56. The summed E-state index contributed by atoms with van der Waals surface area (Å²) in [6, 6.07) is 4.61. The van der Waals surface area contributed by atoms with Crippen LogP contribution in [0.25, 0.3) is 0 Å². The van der Waals surface area contributed by atoms with E-state index in [1.165, 1.54) is 0 Å². The molecule has 0 saturated heterocycles. The molecule has 0 aliphatic heterocycles. The van der Waals surface area contributed by atoms with E-state index in [-0.39, 0.29) is 25.7 Å². The largest absolute Gasteiger partial charge is 0.481 e. The van der Waals surface area contributed by atoms with Gasteiger partial charge >= 0.3 is 11.9 Å². The van der Waals surface area contributed by atoms with E-state index in [2.05, 4.69) is 16.0 Å². The molecule has 1 rings (SSSR count). The Labute approximate surface area is 189 Å². The summed E-state index contributed by atoms with van der Waals surface area (Å²) in [5, 5.41) is 25.4. The molecule has 0 bridgehead atoms. The summed E-state index contributed by atoms with van der Waals surface area (Å²) in [4.78, 5) is 70.5. The third-order valence-corrected chi connectivity index (χ3v) is 4.55. The van der Waals surface area contributed by atoms with E-state index in [1.54, 1.807) is 30.3 Å². The number of carbonyl (C=O) groups excluding carboxylic acids is 4. The summed E-state index contributed by atoms with van der Waals surface area (Å²) >= 11 is 0. The molecule has 0 aromatic heterocycles. The van der Waals surface area contributed by atoms with Crippen LogP contribution in [0.3, 0.4) is 0 Å². The number of aliphatic carboxylic acids is 2. The first kappa shape index (κ1) is 27.1. The molecule has 33 heavy (non-hydrogen) atoms. The average Bonchev–Trinajstić information content (AvgIpc) is 2.73. The number of rotatable bonds is 14. The van der Waals surface area contributed by atoms with E-state index in [0.29, 0.717) is 5.56 Å². The maximum atomic E-state index is 12.8. The first-order valence-electron chi connectivity index (χ1n) is 10.1. The molecule has 4 amide bonds. The van der Waals surface area contributed by atoms with Crippen molar-refractivity contribution < 1.29 is 39.0 Å². The van der Waals surface area contributed by atoms with Gasteiger partial charge in [0.2, 0.25) is 23.6 Å². The Kier molecular flexibility index (Phi) is 11.0. The second-order valence-corrected chi connectivity index (χ2v) is 7.34. The minimum absolute atomic E-state index is 0.0331. The Hall–Kier alpha value is -3.96. The van der Waals surface area contributed by atoms with Crippen molar-refractivity contribution >= 4 is 35.6 Å². The SMILES string of the molecule is CC(=O)NC(CCC(N)=O)C(=O)NC(CCC(=O)O)C(=O)NC(Cc1ccccc1)C(=O)O. The fraction of sp³-hybridized carbons (Fsp3) is 0.429. The molecule has 0 heterocycles. The van der Waals surface area contributed by atoms with E-state index < -0.39 is 60.1 Å². The van der Waals surface area contributed by atoms with Crippen LogP contribution in [0.4, 0.5) is 0 Å². The normalized spacial score (nSPS) is 13.1. The Morgan fingerprint density at radius 3 is 1.82 bits per heavy atom. The molecule has 0 aliphatic rings. The van der Waals surface area contributed by atoms with Crippen LogP contribution < -0.4 is 21.7 Å². The van der Waals surface area contributed by atoms with Crippen molar-refractivity contribution in [2.75, 3.05) is 0 Å². The number of hydrogen-bond donors (Lipinski definition) is 6. The van der Waals surface area contributed by atoms with Crippen LogP contribution in [0.5, 0.6) is 0 Å². The van der Waals surface area contributed by atoms with E-state index in [0.717, 1.165) is 6.92 Å². The molecule has 1 aromatic carbocycles. The molecule has 3 atom stereocenters. The number of carbonyl (C=O) groups is 6. The van der Waals surface area contributed by atoms with Gasteiger partial charge < -0.3 is 31.9 Å². The van der Waals surface area contributed by atoms with Crippen molar-refractivity contribution in [2.24, 2.45) is 5.73 Å². The fourth-order valence-electron chi connectivity index (χ4n) is 2.93. The summed E-state index contributed by atoms with van der Waals surface area (Å²) in [5.74, 6) is -5.55. The average molecular weight is 464 g/mol. The number of nitrogens with one attached hydrogen (secondary N) is 3. The molecule has 0 saturated carbocycles. The van der Waals surface area contributed by atoms with Crippen molar-refractivity contribution in [1.82, 2.24) is 16.0 Å². The van der Waals surface area contributed by atoms with Crippen LogP contribution >= 0.6 is 0 Å². The van der Waals surface area contributed by atoms with Crippen molar-refractivity contribution in [3.05, 3.63) is 35.9 Å². The van der Waals surface area contributed by atoms with E-state index in [4.69, 9.17) is 10.8 Å². The van der Waals surface area contributed by atoms with Gasteiger partial charge in [-0.2, -0.15) is 0 Å². The molecule has 12 heteroatoms. The number of carboxylic acids is 2. The number of hydrogen-bond acceptors (Lipinski definition) is 6. The van der Waals surface area contributed by atoms with Crippen LogP contribution in [0.15, 0.2) is 30.3 Å². The summed E-state index contributed by atoms with van der Waals surface area (Å²) in [5.41, 5.74) is 5.73. The Balaban J connectivity index is 2.97. The summed E-state index contributed by atoms with van der Waals surface area (Å²) in [6.45, 7) is 1.15. The molecule has 0 radical (unpaired) electrons. The predicted octanol–water partition coefficient (Wildman–Crippen LogP) is -1.08. The molecular formula is C21H28N4O8. The van der Waals surface area contributed by atoms with E-state index in [9.17, 15) is 33.9 Å². The van der Waals surface area contributed by atoms with E-state index in [1.807, 2.05) is 0 Å². The van der Waals surface area contributed by atoms with Gasteiger partial charge in [0.15, 0.2) is 0 Å². The minimum Gasteiger partial charge on any atom is -0.481 e. The van der Waals surface area contributed by atoms with Crippen LogP contribution in [0.2, 0.25) is 0 Å². The van der Waals surface area contributed by atoms with Crippen LogP contribution in [0, 0.1) is 0 Å². The highest BCUT2D eigenvalue weighted by Crippen LogP contribution is 2.07. The number of nitrogens with two attached hydrogens (primary N) is 1. The molecule has 3 unspecified atom stereocenters. The topological polar surface area (TPSA) is 205 Å². The van der Waals surface area contributed by atoms with Crippen molar-refractivity contribution in [3.63, 3.8) is 0 Å². The van der Waals surface area contributed by atoms with Gasteiger partial charge in [-0.3, -0.25) is 24.0 Å². The first-order chi connectivity index (χ1) is 15.5. The van der Waals surface area contributed by atoms with E-state index >= 15 is 0 Å². The zero-order valence-electron chi connectivity index (χ0n) is 18.1. The zero-order chi connectivity index (χ0) is 25.0. The quantitative estimate of drug-likeness (QED) is 0.199. The lowest BCUT2D eigenvalue weighted by atomic mass is 10.0. The molecule has 12 nitrogen and oxygen atoms in total. The van der Waals surface area contributed by atoms with Crippen LogP contribution in [-0.2, 0) is 35.2 Å². The van der Waals surface area contributed by atoms with Gasteiger partial charge in [0, 0.05) is 26.2 Å². The molecule has 0 aliphatic carbocycles. The van der Waals surface area contributed by atoms with Crippen molar-refractivity contribution in [1.29, 1.82) is 0 Å². The van der Waals surface area contributed by atoms with Crippen molar-refractivity contribution in [2.45, 2.75) is 57.2 Å². The maximum Gasteiger partial charge on any atom is 0.326 e. The Bertz CT molecular complexity index is 874. The van der Waals surface area contributed by atoms with Gasteiger partial charge in [-0.15, -0.1) is 0 Å². The first-order valence-corrected chi connectivity index (χ1v) is 10.1. The van der Waals surface area contributed by atoms with Crippen LogP contribution in [0.1, 0.15) is 38.2 Å². The fourth-order valence-corrected chi connectivity index (χ4v) is 2.93. The smallest absolute Gasteiger partial charge is 0.326 e. The summed E-state index contributed by atoms with van der Waals surface area (Å²) in [6.07, 6.45) is -1.20. The van der Waals surface area contributed by atoms with Gasteiger partial charge in [-0.25, -0.2) is 4.79 Å². The molecule has 1 aromatic rings. The van der Waals surface area contributed by atoms with Gasteiger partial charge in [-0.05, 0) is 18.4 Å². The molecule has 7 N–H and O–H groups in total. The number of primary amides is 1. The van der Waals surface area contributed by atoms with Crippen LogP contribution in [-0.4, -0.2) is 63.9 Å². The third kappa shape index (κ3) is 10.8. The second kappa shape index (κ2) is 13.5. The lowest BCUT2D eigenvalue weighted by Gasteiger charge is -2.24. The van der Waals surface area contributed by atoms with Gasteiger partial charge in [0.1, 0.15) is 18.1 Å². The zero-order valence-corrected chi connectivity index (χ0v) is 18.1. The van der Waals surface area contributed by atoms with Gasteiger partial charge in [0.05, 0.1) is 0 Å².